The average Bonchev–Trinajstić information content (AvgIpc) is 2.26. The van der Waals surface area contributed by atoms with Gasteiger partial charge in [0.25, 0.3) is 0 Å². The number of benzene rings is 1. The van der Waals surface area contributed by atoms with Gasteiger partial charge >= 0.3 is 0 Å². The molecule has 1 aromatic carbocycles. The smallest absolute Gasteiger partial charge is 0.170 e. The maximum absolute atomic E-state index is 9.60. The Morgan fingerprint density at radius 2 is 1.87 bits per heavy atom. The molecule has 1 rings (SSSR count). The highest BCUT2D eigenvalue weighted by atomic mass is 16.6. The van der Waals surface area contributed by atoms with Crippen LogP contribution in [0.3, 0.4) is 0 Å². The fourth-order valence-corrected chi connectivity index (χ4v) is 1.20. The van der Waals surface area contributed by atoms with Gasteiger partial charge in [0.1, 0.15) is 0 Å². The first-order chi connectivity index (χ1) is 7.11. The minimum absolute atomic E-state index is 0.204. The highest BCUT2D eigenvalue weighted by Crippen LogP contribution is 2.08. The number of aliphatic hydroxyl groups is 1. The maximum atomic E-state index is 9.60. The second-order valence-corrected chi connectivity index (χ2v) is 4.01. The lowest BCUT2D eigenvalue weighted by Crippen LogP contribution is -2.40. The first kappa shape index (κ1) is 12.2. The fraction of sp³-hybridized carbons (Fsp3) is 0.500. The number of ether oxygens (including phenoxy) is 1. The Labute approximate surface area is 90.9 Å². The van der Waals surface area contributed by atoms with Gasteiger partial charge < -0.3 is 15.6 Å². The van der Waals surface area contributed by atoms with Gasteiger partial charge in [-0.15, -0.1) is 0 Å². The van der Waals surface area contributed by atoms with E-state index in [1.165, 1.54) is 0 Å². The van der Waals surface area contributed by atoms with Crippen LogP contribution in [0.5, 0.6) is 0 Å². The van der Waals surface area contributed by atoms with Crippen molar-refractivity contribution in [2.45, 2.75) is 32.8 Å². The Bertz CT molecular complexity index is 274. The molecule has 0 radical (unpaired) electrons. The van der Waals surface area contributed by atoms with Gasteiger partial charge in [-0.2, -0.15) is 0 Å². The summed E-state index contributed by atoms with van der Waals surface area (Å²) in [6.07, 6.45) is -0.898. The molecule has 0 fully saturated rings. The summed E-state index contributed by atoms with van der Waals surface area (Å²) >= 11 is 0. The molecule has 0 aromatic heterocycles. The quantitative estimate of drug-likeness (QED) is 0.723. The van der Waals surface area contributed by atoms with Gasteiger partial charge in [-0.3, -0.25) is 0 Å². The Balaban J connectivity index is 2.37. The Morgan fingerprint density at radius 1 is 1.27 bits per heavy atom. The number of aliphatic hydroxyl groups excluding tert-OH is 1. The SMILES string of the molecule is CC(C)C(N)C(O)OCc1ccccc1. The highest BCUT2D eigenvalue weighted by molar-refractivity contribution is 5.13. The third-order valence-corrected chi connectivity index (χ3v) is 2.36. The van der Waals surface area contributed by atoms with Crippen LogP contribution in [0.15, 0.2) is 30.3 Å². The van der Waals surface area contributed by atoms with Crippen LogP contribution < -0.4 is 5.73 Å². The molecular formula is C12H19NO2. The van der Waals surface area contributed by atoms with Gasteiger partial charge in [0, 0.05) is 0 Å². The zero-order chi connectivity index (χ0) is 11.3. The first-order valence-corrected chi connectivity index (χ1v) is 5.20. The van der Waals surface area contributed by atoms with Crippen molar-refractivity contribution in [3.8, 4) is 0 Å². The van der Waals surface area contributed by atoms with E-state index in [4.69, 9.17) is 10.5 Å². The van der Waals surface area contributed by atoms with E-state index in [1.807, 2.05) is 44.2 Å². The molecule has 0 bridgehead atoms. The minimum atomic E-state index is -0.898. The summed E-state index contributed by atoms with van der Waals surface area (Å²) in [5, 5.41) is 9.60. The summed E-state index contributed by atoms with van der Waals surface area (Å²) in [5.74, 6) is 0.204. The molecule has 2 atom stereocenters. The number of nitrogens with two attached hydrogens (primary N) is 1. The van der Waals surface area contributed by atoms with Crippen LogP contribution in [-0.4, -0.2) is 17.4 Å². The molecule has 0 heterocycles. The lowest BCUT2D eigenvalue weighted by molar-refractivity contribution is -0.128. The molecule has 3 N–H and O–H groups in total. The predicted octanol–water partition coefficient (Wildman–Crippen LogP) is 1.50. The van der Waals surface area contributed by atoms with Gasteiger partial charge in [0.05, 0.1) is 12.6 Å². The fourth-order valence-electron chi connectivity index (χ4n) is 1.20. The summed E-state index contributed by atoms with van der Waals surface area (Å²) in [5.41, 5.74) is 6.78. The van der Waals surface area contributed by atoms with Crippen LogP contribution in [0, 0.1) is 5.92 Å². The lowest BCUT2D eigenvalue weighted by atomic mass is 10.1. The molecule has 2 unspecified atom stereocenters. The van der Waals surface area contributed by atoms with E-state index in [9.17, 15) is 5.11 Å². The topological polar surface area (TPSA) is 55.5 Å². The van der Waals surface area contributed by atoms with Crippen LogP contribution in [0.4, 0.5) is 0 Å². The minimum Gasteiger partial charge on any atom is -0.367 e. The van der Waals surface area contributed by atoms with Crippen molar-refractivity contribution >= 4 is 0 Å². The third kappa shape index (κ3) is 4.00. The van der Waals surface area contributed by atoms with Crippen molar-refractivity contribution < 1.29 is 9.84 Å². The van der Waals surface area contributed by atoms with Crippen LogP contribution in [-0.2, 0) is 11.3 Å². The van der Waals surface area contributed by atoms with E-state index >= 15 is 0 Å². The molecule has 0 saturated heterocycles. The summed E-state index contributed by atoms with van der Waals surface area (Å²) < 4.78 is 5.28. The molecular weight excluding hydrogens is 190 g/mol. The van der Waals surface area contributed by atoms with Gasteiger partial charge in [-0.1, -0.05) is 44.2 Å². The van der Waals surface area contributed by atoms with E-state index in [0.29, 0.717) is 6.61 Å². The normalized spacial score (nSPS) is 15.3. The second kappa shape index (κ2) is 5.85. The van der Waals surface area contributed by atoms with Crippen LogP contribution in [0.2, 0.25) is 0 Å². The monoisotopic (exact) mass is 209 g/mol. The highest BCUT2D eigenvalue weighted by Gasteiger charge is 2.18. The zero-order valence-electron chi connectivity index (χ0n) is 9.26. The van der Waals surface area contributed by atoms with E-state index < -0.39 is 6.29 Å². The Hall–Kier alpha value is -0.900. The second-order valence-electron chi connectivity index (χ2n) is 4.01. The largest absolute Gasteiger partial charge is 0.367 e. The van der Waals surface area contributed by atoms with Crippen molar-refractivity contribution in [2.75, 3.05) is 0 Å². The molecule has 0 amide bonds. The number of hydrogen-bond acceptors (Lipinski definition) is 3. The van der Waals surface area contributed by atoms with Crippen LogP contribution in [0.25, 0.3) is 0 Å². The maximum Gasteiger partial charge on any atom is 0.170 e. The van der Waals surface area contributed by atoms with Gasteiger partial charge in [-0.05, 0) is 11.5 Å². The molecule has 3 heteroatoms. The standard InChI is InChI=1S/C12H19NO2/c1-9(2)11(13)12(14)15-8-10-6-4-3-5-7-10/h3-7,9,11-12,14H,8,13H2,1-2H3. The molecule has 3 nitrogen and oxygen atoms in total. The lowest BCUT2D eigenvalue weighted by Gasteiger charge is -2.22. The molecule has 0 aliphatic heterocycles. The molecule has 84 valence electrons. The van der Waals surface area contributed by atoms with E-state index in [2.05, 4.69) is 0 Å². The van der Waals surface area contributed by atoms with Crippen molar-refractivity contribution in [1.29, 1.82) is 0 Å². The number of hydrogen-bond donors (Lipinski definition) is 2. The Morgan fingerprint density at radius 3 is 2.40 bits per heavy atom. The van der Waals surface area contributed by atoms with Crippen LogP contribution >= 0.6 is 0 Å². The number of rotatable bonds is 5. The van der Waals surface area contributed by atoms with Crippen molar-refractivity contribution in [3.05, 3.63) is 35.9 Å². The van der Waals surface area contributed by atoms with Gasteiger partial charge in [-0.25, -0.2) is 0 Å². The van der Waals surface area contributed by atoms with E-state index in [1.54, 1.807) is 0 Å². The summed E-state index contributed by atoms with van der Waals surface area (Å²) in [6.45, 7) is 4.31. The van der Waals surface area contributed by atoms with Crippen molar-refractivity contribution in [1.82, 2.24) is 0 Å². The summed E-state index contributed by atoms with van der Waals surface area (Å²) in [7, 11) is 0. The van der Waals surface area contributed by atoms with Gasteiger partial charge in [0.2, 0.25) is 0 Å². The molecule has 0 saturated carbocycles. The van der Waals surface area contributed by atoms with Gasteiger partial charge in [0.15, 0.2) is 6.29 Å². The molecule has 0 spiro atoms. The molecule has 0 aliphatic rings. The van der Waals surface area contributed by atoms with Crippen LogP contribution in [0.1, 0.15) is 19.4 Å². The Kier molecular flexibility index (Phi) is 4.75. The first-order valence-electron chi connectivity index (χ1n) is 5.20. The molecule has 1 aromatic rings. The average molecular weight is 209 g/mol. The summed E-state index contributed by atoms with van der Waals surface area (Å²) in [4.78, 5) is 0. The van der Waals surface area contributed by atoms with E-state index in [0.717, 1.165) is 5.56 Å². The zero-order valence-corrected chi connectivity index (χ0v) is 9.26. The van der Waals surface area contributed by atoms with Crippen molar-refractivity contribution in [3.63, 3.8) is 0 Å². The third-order valence-electron chi connectivity index (χ3n) is 2.36. The molecule has 0 aliphatic carbocycles. The van der Waals surface area contributed by atoms with E-state index in [-0.39, 0.29) is 12.0 Å². The predicted molar refractivity (Wildman–Crippen MR) is 60.1 cm³/mol. The van der Waals surface area contributed by atoms with Crippen molar-refractivity contribution in [2.24, 2.45) is 11.7 Å². The molecule has 15 heavy (non-hydrogen) atoms. The summed E-state index contributed by atoms with van der Waals surface area (Å²) in [6, 6.07) is 9.38.